The van der Waals surface area contributed by atoms with Gasteiger partial charge in [-0.15, -0.1) is 22.7 Å². The Morgan fingerprint density at radius 2 is 1.78 bits per heavy atom. The average Bonchev–Trinajstić information content (AvgIpc) is 2.94. The van der Waals surface area contributed by atoms with Gasteiger partial charge in [-0.25, -0.2) is 0 Å². The molecule has 2 aromatic heterocycles. The quantitative estimate of drug-likeness (QED) is 0.487. The van der Waals surface area contributed by atoms with E-state index in [4.69, 9.17) is 0 Å². The van der Waals surface area contributed by atoms with E-state index in [9.17, 15) is 25.0 Å². The molecular formula is C9H4N2O5S2. The van der Waals surface area contributed by atoms with Crippen molar-refractivity contribution in [2.24, 2.45) is 0 Å². The topological polar surface area (TPSA) is 103 Å². The molecule has 18 heavy (non-hydrogen) atoms. The third-order valence-electron chi connectivity index (χ3n) is 2.09. The fourth-order valence-electron chi connectivity index (χ4n) is 1.37. The molecule has 0 aliphatic heterocycles. The Morgan fingerprint density at radius 3 is 2.33 bits per heavy atom. The Labute approximate surface area is 108 Å². The summed E-state index contributed by atoms with van der Waals surface area (Å²) < 4.78 is 0. The molecule has 2 heterocycles. The lowest BCUT2D eigenvalue weighted by Gasteiger charge is -1.93. The van der Waals surface area contributed by atoms with E-state index in [0.29, 0.717) is 6.29 Å². The van der Waals surface area contributed by atoms with Crippen molar-refractivity contribution in [1.29, 1.82) is 0 Å². The Morgan fingerprint density at radius 1 is 1.11 bits per heavy atom. The lowest BCUT2D eigenvalue weighted by atomic mass is 10.3. The molecule has 0 fully saturated rings. The van der Waals surface area contributed by atoms with E-state index in [-0.39, 0.29) is 26.0 Å². The first-order valence-electron chi connectivity index (χ1n) is 4.50. The van der Waals surface area contributed by atoms with Gasteiger partial charge in [0.05, 0.1) is 14.7 Å². The van der Waals surface area contributed by atoms with Crippen molar-refractivity contribution in [3.8, 4) is 9.75 Å². The van der Waals surface area contributed by atoms with Crippen LogP contribution in [0.3, 0.4) is 0 Å². The minimum Gasteiger partial charge on any atom is -0.297 e. The zero-order valence-electron chi connectivity index (χ0n) is 8.56. The maximum Gasteiger partial charge on any atom is 0.289 e. The number of nitro groups is 2. The van der Waals surface area contributed by atoms with Crippen LogP contribution in [0.5, 0.6) is 0 Å². The van der Waals surface area contributed by atoms with Gasteiger partial charge >= 0.3 is 0 Å². The third-order valence-corrected chi connectivity index (χ3v) is 4.21. The van der Waals surface area contributed by atoms with Crippen molar-refractivity contribution in [3.05, 3.63) is 42.6 Å². The summed E-state index contributed by atoms with van der Waals surface area (Å²) in [5.41, 5.74) is -0.477. The van der Waals surface area contributed by atoms with Gasteiger partial charge in [0.15, 0.2) is 6.29 Å². The molecule has 0 amide bonds. The molecule has 0 bridgehead atoms. The van der Waals surface area contributed by atoms with E-state index in [1.54, 1.807) is 0 Å². The summed E-state index contributed by atoms with van der Waals surface area (Å²) in [6.07, 6.45) is 0.487. The molecule has 92 valence electrons. The number of nitrogens with zero attached hydrogens (tertiary/aromatic N) is 2. The van der Waals surface area contributed by atoms with E-state index >= 15 is 0 Å². The van der Waals surface area contributed by atoms with Crippen LogP contribution in [0.1, 0.15) is 9.67 Å². The highest BCUT2D eigenvalue weighted by atomic mass is 32.1. The number of hydrogen-bond acceptors (Lipinski definition) is 7. The smallest absolute Gasteiger partial charge is 0.289 e. The molecule has 0 radical (unpaired) electrons. The van der Waals surface area contributed by atoms with Gasteiger partial charge in [-0.3, -0.25) is 25.0 Å². The SMILES string of the molecule is O=Cc1cc([N+](=O)[O-])c(-c2sccc2[N+](=O)[O-])s1. The van der Waals surface area contributed by atoms with Crippen LogP contribution in [0.2, 0.25) is 0 Å². The van der Waals surface area contributed by atoms with Crippen molar-refractivity contribution >= 4 is 40.3 Å². The van der Waals surface area contributed by atoms with E-state index in [2.05, 4.69) is 0 Å². The summed E-state index contributed by atoms with van der Waals surface area (Å²) in [5.74, 6) is 0. The number of rotatable bonds is 4. The molecule has 7 nitrogen and oxygen atoms in total. The Kier molecular flexibility index (Phi) is 3.17. The molecule has 0 unspecified atom stereocenters. The number of aldehydes is 1. The summed E-state index contributed by atoms with van der Waals surface area (Å²) in [4.78, 5) is 31.5. The maximum absolute atomic E-state index is 10.9. The molecule has 0 aromatic carbocycles. The molecule has 2 aromatic rings. The molecule has 0 aliphatic carbocycles. The number of hydrogen-bond donors (Lipinski definition) is 0. The normalized spacial score (nSPS) is 10.2. The molecule has 0 N–H and O–H groups in total. The Hall–Kier alpha value is -2.13. The monoisotopic (exact) mass is 284 g/mol. The van der Waals surface area contributed by atoms with E-state index < -0.39 is 9.85 Å². The molecule has 0 aliphatic rings. The van der Waals surface area contributed by atoms with Crippen LogP contribution in [0.25, 0.3) is 9.75 Å². The van der Waals surface area contributed by atoms with Crippen molar-refractivity contribution in [3.63, 3.8) is 0 Å². The van der Waals surface area contributed by atoms with Gasteiger partial charge in [-0.1, -0.05) is 0 Å². The second kappa shape index (κ2) is 4.63. The lowest BCUT2D eigenvalue weighted by Crippen LogP contribution is -1.89. The second-order valence-corrected chi connectivity index (χ2v) is 5.13. The average molecular weight is 284 g/mol. The molecule has 0 atom stereocenters. The standard InChI is InChI=1S/C9H4N2O5S2/c12-4-5-3-7(11(15)16)9(18-5)8-6(10(13)14)1-2-17-8/h1-4H. The van der Waals surface area contributed by atoms with Crippen LogP contribution in [0, 0.1) is 20.2 Å². The summed E-state index contributed by atoms with van der Waals surface area (Å²) in [7, 11) is 0. The van der Waals surface area contributed by atoms with Gasteiger partial charge in [0.25, 0.3) is 11.4 Å². The fourth-order valence-corrected chi connectivity index (χ4v) is 3.34. The van der Waals surface area contributed by atoms with Crippen LogP contribution in [0.4, 0.5) is 11.4 Å². The highest BCUT2D eigenvalue weighted by molar-refractivity contribution is 7.23. The maximum atomic E-state index is 10.9. The minimum absolute atomic E-state index is 0.142. The van der Waals surface area contributed by atoms with Crippen LogP contribution < -0.4 is 0 Å². The van der Waals surface area contributed by atoms with Gasteiger partial charge in [0.1, 0.15) is 9.75 Å². The molecule has 2 rings (SSSR count). The lowest BCUT2D eigenvalue weighted by molar-refractivity contribution is -0.385. The van der Waals surface area contributed by atoms with E-state index in [1.165, 1.54) is 11.4 Å². The van der Waals surface area contributed by atoms with Crippen LogP contribution in [-0.2, 0) is 0 Å². The largest absolute Gasteiger partial charge is 0.297 e. The first-order chi connectivity index (χ1) is 8.54. The number of carbonyl (C=O) groups is 1. The van der Waals surface area contributed by atoms with Gasteiger partial charge in [-0.05, 0) is 5.38 Å². The number of carbonyl (C=O) groups excluding carboxylic acids is 1. The fraction of sp³-hybridized carbons (Fsp3) is 0. The summed E-state index contributed by atoms with van der Waals surface area (Å²) in [6, 6.07) is 2.40. The molecule has 0 spiro atoms. The first kappa shape index (κ1) is 12.3. The van der Waals surface area contributed by atoms with Gasteiger partial charge in [-0.2, -0.15) is 0 Å². The van der Waals surface area contributed by atoms with Crippen LogP contribution in [0.15, 0.2) is 17.5 Å². The van der Waals surface area contributed by atoms with Crippen molar-refractivity contribution in [1.82, 2.24) is 0 Å². The molecular weight excluding hydrogens is 280 g/mol. The molecule has 0 saturated heterocycles. The predicted octanol–water partition coefficient (Wildman–Crippen LogP) is 3.11. The van der Waals surface area contributed by atoms with Gasteiger partial charge in [0, 0.05) is 12.1 Å². The van der Waals surface area contributed by atoms with E-state index in [0.717, 1.165) is 28.7 Å². The van der Waals surface area contributed by atoms with Gasteiger partial charge in [0.2, 0.25) is 0 Å². The second-order valence-electron chi connectivity index (χ2n) is 3.13. The van der Waals surface area contributed by atoms with Crippen molar-refractivity contribution in [2.45, 2.75) is 0 Å². The van der Waals surface area contributed by atoms with Crippen molar-refractivity contribution in [2.75, 3.05) is 0 Å². The molecule has 9 heteroatoms. The molecule has 0 saturated carbocycles. The Bertz CT molecular complexity index is 645. The van der Waals surface area contributed by atoms with Crippen LogP contribution >= 0.6 is 22.7 Å². The minimum atomic E-state index is -0.651. The van der Waals surface area contributed by atoms with Crippen molar-refractivity contribution < 1.29 is 14.6 Å². The highest BCUT2D eigenvalue weighted by Crippen LogP contribution is 2.44. The third kappa shape index (κ3) is 2.00. The summed E-state index contributed by atoms with van der Waals surface area (Å²) in [5, 5.41) is 23.1. The van der Waals surface area contributed by atoms with Crippen LogP contribution in [-0.4, -0.2) is 16.1 Å². The highest BCUT2D eigenvalue weighted by Gasteiger charge is 2.27. The first-order valence-corrected chi connectivity index (χ1v) is 6.20. The number of thiophene rings is 2. The Balaban J connectivity index is 2.66. The van der Waals surface area contributed by atoms with E-state index in [1.807, 2.05) is 0 Å². The van der Waals surface area contributed by atoms with Gasteiger partial charge < -0.3 is 0 Å². The summed E-state index contributed by atoms with van der Waals surface area (Å²) >= 11 is 1.91. The zero-order valence-corrected chi connectivity index (χ0v) is 10.2. The zero-order chi connectivity index (χ0) is 13.3. The predicted molar refractivity (Wildman–Crippen MR) is 66.3 cm³/mol. The summed E-state index contributed by atoms with van der Waals surface area (Å²) in [6.45, 7) is 0.